The summed E-state index contributed by atoms with van der Waals surface area (Å²) in [6.07, 6.45) is 1.63. The van der Waals surface area contributed by atoms with Gasteiger partial charge in [0, 0.05) is 17.4 Å². The van der Waals surface area contributed by atoms with Gasteiger partial charge in [-0.15, -0.1) is 0 Å². The molecule has 0 unspecified atom stereocenters. The molecule has 1 aromatic carbocycles. The van der Waals surface area contributed by atoms with Crippen molar-refractivity contribution in [2.75, 3.05) is 11.1 Å². The lowest BCUT2D eigenvalue weighted by Gasteiger charge is -2.09. The molecule has 0 bridgehead atoms. The van der Waals surface area contributed by atoms with Crippen molar-refractivity contribution in [1.82, 2.24) is 9.97 Å². The second-order valence-electron chi connectivity index (χ2n) is 3.55. The van der Waals surface area contributed by atoms with Crippen molar-refractivity contribution in [1.29, 1.82) is 0 Å². The summed E-state index contributed by atoms with van der Waals surface area (Å²) in [5.74, 6) is 0.258. The predicted molar refractivity (Wildman–Crippen MR) is 72.9 cm³/mol. The zero-order valence-corrected chi connectivity index (χ0v) is 10.2. The van der Waals surface area contributed by atoms with Gasteiger partial charge in [-0.05, 0) is 19.1 Å². The third-order valence-corrected chi connectivity index (χ3v) is 2.60. The average molecular weight is 244 g/mol. The van der Waals surface area contributed by atoms with E-state index in [-0.39, 0.29) is 5.95 Å². The number of para-hydroxylation sites is 1. The number of benzene rings is 1. The van der Waals surface area contributed by atoms with Crippen LogP contribution >= 0.6 is 12.2 Å². The second kappa shape index (κ2) is 4.88. The molecule has 0 saturated heterocycles. The fourth-order valence-corrected chi connectivity index (χ4v) is 1.75. The van der Waals surface area contributed by atoms with Crippen molar-refractivity contribution in [3.63, 3.8) is 0 Å². The largest absolute Gasteiger partial charge is 0.368 e. The van der Waals surface area contributed by atoms with Gasteiger partial charge in [-0.2, -0.15) is 0 Å². The molecule has 0 radical (unpaired) electrons. The van der Waals surface area contributed by atoms with Crippen molar-refractivity contribution in [3.8, 4) is 0 Å². The van der Waals surface area contributed by atoms with Crippen molar-refractivity contribution in [2.45, 2.75) is 6.92 Å². The fraction of sp³-hybridized carbons (Fsp3) is 0.0833. The molecule has 2 rings (SSSR count). The minimum atomic E-state index is 0.258. The van der Waals surface area contributed by atoms with E-state index in [1.807, 2.05) is 37.3 Å². The van der Waals surface area contributed by atoms with Crippen LogP contribution in [0.5, 0.6) is 0 Å². The highest BCUT2D eigenvalue weighted by atomic mass is 32.1. The summed E-state index contributed by atoms with van der Waals surface area (Å²) < 4.78 is 0. The van der Waals surface area contributed by atoms with Crippen LogP contribution in [-0.4, -0.2) is 15.0 Å². The van der Waals surface area contributed by atoms with E-state index < -0.39 is 0 Å². The summed E-state index contributed by atoms with van der Waals surface area (Å²) in [7, 11) is 0. The molecule has 0 amide bonds. The number of hydrogen-bond acceptors (Lipinski definition) is 4. The van der Waals surface area contributed by atoms with Crippen LogP contribution in [0.4, 0.5) is 11.6 Å². The first-order chi connectivity index (χ1) is 8.16. The van der Waals surface area contributed by atoms with Crippen LogP contribution in [0.15, 0.2) is 36.5 Å². The van der Waals surface area contributed by atoms with Gasteiger partial charge in [0.2, 0.25) is 5.95 Å². The number of nitrogens with two attached hydrogens (primary N) is 1. The van der Waals surface area contributed by atoms with Gasteiger partial charge in [-0.1, -0.05) is 30.4 Å². The number of aryl methyl sites for hydroxylation is 1. The van der Waals surface area contributed by atoms with E-state index in [0.717, 1.165) is 16.9 Å². The van der Waals surface area contributed by atoms with Crippen LogP contribution in [0.3, 0.4) is 0 Å². The maximum atomic E-state index is 5.49. The lowest BCUT2D eigenvalue weighted by molar-refractivity contribution is 1.11. The van der Waals surface area contributed by atoms with Gasteiger partial charge >= 0.3 is 0 Å². The lowest BCUT2D eigenvalue weighted by atomic mass is 10.2. The molecule has 0 spiro atoms. The molecule has 4 nitrogen and oxygen atoms in total. The molecule has 86 valence electrons. The molecular weight excluding hydrogens is 232 g/mol. The molecule has 0 atom stereocenters. The van der Waals surface area contributed by atoms with E-state index in [1.54, 1.807) is 6.20 Å². The number of rotatable bonds is 2. The normalized spacial score (nSPS) is 9.94. The van der Waals surface area contributed by atoms with Gasteiger partial charge in [-0.3, -0.25) is 0 Å². The first kappa shape index (κ1) is 11.5. The molecule has 17 heavy (non-hydrogen) atoms. The maximum Gasteiger partial charge on any atom is 0.220 e. The Hall–Kier alpha value is -2.01. The Morgan fingerprint density at radius 3 is 2.65 bits per heavy atom. The Morgan fingerprint density at radius 1 is 1.29 bits per heavy atom. The number of nitrogens with one attached hydrogen (secondary N) is 1. The number of nitrogens with zero attached hydrogens (tertiary/aromatic N) is 2. The number of aromatic nitrogens is 2. The quantitative estimate of drug-likeness (QED) is 0.792. The van der Waals surface area contributed by atoms with Gasteiger partial charge in [0.25, 0.3) is 0 Å². The standard InChI is InChI=1S/C12H12N4S/c1-8-10(7-14-12(13)15-8)11(17)16-9-5-3-2-4-6-9/h2-7H,1H3,(H,16,17)(H2,13,14,15). The van der Waals surface area contributed by atoms with E-state index in [4.69, 9.17) is 18.0 Å². The summed E-state index contributed by atoms with van der Waals surface area (Å²) in [6, 6.07) is 9.72. The van der Waals surface area contributed by atoms with Crippen molar-refractivity contribution < 1.29 is 0 Å². The minimum absolute atomic E-state index is 0.258. The number of hydrogen-bond donors (Lipinski definition) is 2. The van der Waals surface area contributed by atoms with Gasteiger partial charge in [0.05, 0.1) is 5.69 Å². The van der Waals surface area contributed by atoms with Crippen LogP contribution in [-0.2, 0) is 0 Å². The van der Waals surface area contributed by atoms with E-state index in [9.17, 15) is 0 Å². The van der Waals surface area contributed by atoms with Crippen molar-refractivity contribution in [3.05, 3.63) is 47.8 Å². The third-order valence-electron chi connectivity index (χ3n) is 2.27. The van der Waals surface area contributed by atoms with E-state index in [2.05, 4.69) is 15.3 Å². The summed E-state index contributed by atoms with van der Waals surface area (Å²) in [4.78, 5) is 8.61. The highest BCUT2D eigenvalue weighted by Crippen LogP contribution is 2.11. The molecule has 3 N–H and O–H groups in total. The average Bonchev–Trinajstić information content (AvgIpc) is 2.30. The molecule has 5 heteroatoms. The summed E-state index contributed by atoms with van der Waals surface area (Å²) in [5, 5.41) is 3.13. The molecule has 0 saturated carbocycles. The molecule has 2 aromatic rings. The minimum Gasteiger partial charge on any atom is -0.368 e. The Labute approximate surface area is 105 Å². The van der Waals surface area contributed by atoms with Crippen LogP contribution in [0, 0.1) is 6.92 Å². The fourth-order valence-electron chi connectivity index (χ4n) is 1.43. The molecule has 0 aliphatic carbocycles. The predicted octanol–water partition coefficient (Wildman–Crippen LogP) is 2.15. The van der Waals surface area contributed by atoms with E-state index >= 15 is 0 Å². The topological polar surface area (TPSA) is 63.8 Å². The highest BCUT2D eigenvalue weighted by Gasteiger charge is 2.07. The third kappa shape index (κ3) is 2.76. The van der Waals surface area contributed by atoms with Gasteiger partial charge < -0.3 is 11.1 Å². The first-order valence-corrected chi connectivity index (χ1v) is 5.53. The molecule has 0 aliphatic heterocycles. The van der Waals surface area contributed by atoms with Crippen molar-refractivity contribution >= 4 is 28.8 Å². The van der Waals surface area contributed by atoms with Crippen LogP contribution in [0.25, 0.3) is 0 Å². The lowest BCUT2D eigenvalue weighted by Crippen LogP contribution is -2.14. The van der Waals surface area contributed by atoms with E-state index in [0.29, 0.717) is 4.99 Å². The highest BCUT2D eigenvalue weighted by molar-refractivity contribution is 7.81. The van der Waals surface area contributed by atoms with Crippen LogP contribution in [0.1, 0.15) is 11.3 Å². The first-order valence-electron chi connectivity index (χ1n) is 5.12. The summed E-state index contributed by atoms with van der Waals surface area (Å²) in [5.41, 5.74) is 7.99. The maximum absolute atomic E-state index is 5.49. The van der Waals surface area contributed by atoms with Gasteiger partial charge in [0.15, 0.2) is 0 Å². The monoisotopic (exact) mass is 244 g/mol. The smallest absolute Gasteiger partial charge is 0.220 e. The Bertz CT molecular complexity index is 539. The Balaban J connectivity index is 2.21. The number of nitrogen functional groups attached to an aromatic ring is 1. The second-order valence-corrected chi connectivity index (χ2v) is 3.96. The zero-order chi connectivity index (χ0) is 12.3. The molecule has 1 heterocycles. The van der Waals surface area contributed by atoms with E-state index in [1.165, 1.54) is 0 Å². The SMILES string of the molecule is Cc1nc(N)ncc1C(=S)Nc1ccccc1. The Morgan fingerprint density at radius 2 is 2.00 bits per heavy atom. The van der Waals surface area contributed by atoms with Crippen LogP contribution < -0.4 is 11.1 Å². The summed E-state index contributed by atoms with van der Waals surface area (Å²) in [6.45, 7) is 1.85. The van der Waals surface area contributed by atoms with Crippen LogP contribution in [0.2, 0.25) is 0 Å². The molecular formula is C12H12N4S. The zero-order valence-electron chi connectivity index (χ0n) is 9.34. The van der Waals surface area contributed by atoms with Gasteiger partial charge in [0.1, 0.15) is 4.99 Å². The molecule has 0 aliphatic rings. The number of anilines is 2. The molecule has 0 fully saturated rings. The summed E-state index contributed by atoms with van der Waals surface area (Å²) >= 11 is 5.30. The Kier molecular flexibility index (Phi) is 3.30. The van der Waals surface area contributed by atoms with Gasteiger partial charge in [-0.25, -0.2) is 9.97 Å². The van der Waals surface area contributed by atoms with Crippen molar-refractivity contribution in [2.24, 2.45) is 0 Å². The number of thiocarbonyl (C=S) groups is 1. The molecule has 1 aromatic heterocycles.